The maximum Gasteiger partial charge on any atom is 0.287 e. The molecule has 23 heavy (non-hydrogen) atoms. The predicted octanol–water partition coefficient (Wildman–Crippen LogP) is 2.54. The van der Waals surface area contributed by atoms with Crippen LogP contribution in [0.25, 0.3) is 0 Å². The van der Waals surface area contributed by atoms with Crippen LogP contribution < -0.4 is 16.0 Å². The number of aryl methyl sites for hydroxylation is 1. The number of furan rings is 1. The van der Waals surface area contributed by atoms with Gasteiger partial charge in [0.1, 0.15) is 0 Å². The summed E-state index contributed by atoms with van der Waals surface area (Å²) in [7, 11) is 1.75. The van der Waals surface area contributed by atoms with Gasteiger partial charge in [-0.2, -0.15) is 0 Å². The van der Waals surface area contributed by atoms with E-state index in [0.29, 0.717) is 24.3 Å². The molecule has 0 aliphatic heterocycles. The third-order valence-electron chi connectivity index (χ3n) is 3.59. The average molecular weight is 436 g/mol. The van der Waals surface area contributed by atoms with E-state index in [-0.39, 0.29) is 29.9 Å². The van der Waals surface area contributed by atoms with Crippen molar-refractivity contribution in [1.29, 1.82) is 0 Å². The van der Waals surface area contributed by atoms with E-state index >= 15 is 0 Å². The van der Waals surface area contributed by atoms with Crippen molar-refractivity contribution in [2.75, 3.05) is 20.1 Å². The zero-order valence-electron chi connectivity index (χ0n) is 14.6. The summed E-state index contributed by atoms with van der Waals surface area (Å²) in [6, 6.07) is 2.13. The molecular weight excluding hydrogens is 407 g/mol. The van der Waals surface area contributed by atoms with Gasteiger partial charge in [0.15, 0.2) is 11.7 Å². The lowest BCUT2D eigenvalue weighted by Gasteiger charge is -2.20. The lowest BCUT2D eigenvalue weighted by Crippen LogP contribution is -2.44. The molecule has 1 atom stereocenters. The smallest absolute Gasteiger partial charge is 0.287 e. The van der Waals surface area contributed by atoms with Crippen molar-refractivity contribution < 1.29 is 9.21 Å². The summed E-state index contributed by atoms with van der Waals surface area (Å²) in [5.41, 5.74) is 0.850. The van der Waals surface area contributed by atoms with E-state index in [0.717, 1.165) is 24.5 Å². The summed E-state index contributed by atoms with van der Waals surface area (Å²) in [5, 5.41) is 9.42. The predicted molar refractivity (Wildman–Crippen MR) is 105 cm³/mol. The van der Waals surface area contributed by atoms with Crippen LogP contribution in [0, 0.1) is 12.8 Å². The van der Waals surface area contributed by atoms with Gasteiger partial charge in [-0.3, -0.25) is 9.79 Å². The number of guanidine groups is 1. The molecule has 132 valence electrons. The number of rotatable bonds is 7. The van der Waals surface area contributed by atoms with Crippen molar-refractivity contribution >= 4 is 35.8 Å². The maximum absolute atomic E-state index is 11.8. The molecule has 0 radical (unpaired) electrons. The molecule has 1 heterocycles. The van der Waals surface area contributed by atoms with Gasteiger partial charge in [0.25, 0.3) is 5.91 Å². The van der Waals surface area contributed by atoms with Gasteiger partial charge in [-0.05, 0) is 32.3 Å². The Morgan fingerprint density at radius 3 is 2.43 bits per heavy atom. The zero-order valence-corrected chi connectivity index (χ0v) is 16.9. The molecule has 0 saturated carbocycles. The highest BCUT2D eigenvalue weighted by atomic mass is 127. The Bertz CT molecular complexity index is 500. The Kier molecular flexibility index (Phi) is 10.7. The SMILES string of the molecule is CN=C(NCCCNC(=O)c1occc1C)NC(C)C(C)C.I. The molecule has 0 spiro atoms. The Morgan fingerprint density at radius 1 is 1.26 bits per heavy atom. The van der Waals surface area contributed by atoms with Crippen LogP contribution in [0.1, 0.15) is 43.3 Å². The molecule has 0 aliphatic rings. The molecule has 3 N–H and O–H groups in total. The van der Waals surface area contributed by atoms with Gasteiger partial charge in [-0.25, -0.2) is 0 Å². The van der Waals surface area contributed by atoms with Crippen LogP contribution in [0.5, 0.6) is 0 Å². The van der Waals surface area contributed by atoms with Crippen molar-refractivity contribution in [3.8, 4) is 0 Å². The highest BCUT2D eigenvalue weighted by Gasteiger charge is 2.11. The lowest BCUT2D eigenvalue weighted by atomic mass is 10.1. The molecule has 1 rings (SSSR count). The van der Waals surface area contributed by atoms with E-state index in [2.05, 4.69) is 41.7 Å². The first-order chi connectivity index (χ1) is 10.5. The molecule has 7 heteroatoms. The van der Waals surface area contributed by atoms with Crippen LogP contribution in [0.2, 0.25) is 0 Å². The summed E-state index contributed by atoms with van der Waals surface area (Å²) in [4.78, 5) is 16.0. The van der Waals surface area contributed by atoms with Gasteiger partial charge in [0.05, 0.1) is 6.26 Å². The normalized spacial score (nSPS) is 12.5. The maximum atomic E-state index is 11.8. The number of hydrogen-bond acceptors (Lipinski definition) is 3. The second kappa shape index (κ2) is 11.3. The van der Waals surface area contributed by atoms with Crippen molar-refractivity contribution in [2.45, 2.75) is 40.2 Å². The van der Waals surface area contributed by atoms with Crippen LogP contribution in [0.4, 0.5) is 0 Å². The minimum Gasteiger partial charge on any atom is -0.459 e. The molecule has 1 aromatic rings. The van der Waals surface area contributed by atoms with Crippen LogP contribution in [0.15, 0.2) is 21.7 Å². The minimum atomic E-state index is -0.168. The van der Waals surface area contributed by atoms with Gasteiger partial charge >= 0.3 is 0 Å². The summed E-state index contributed by atoms with van der Waals surface area (Å²) < 4.78 is 5.15. The van der Waals surface area contributed by atoms with E-state index in [1.54, 1.807) is 13.1 Å². The number of nitrogens with zero attached hydrogens (tertiary/aromatic N) is 1. The molecule has 1 amide bonds. The van der Waals surface area contributed by atoms with E-state index in [1.165, 1.54) is 6.26 Å². The number of carbonyl (C=O) groups excluding carboxylic acids is 1. The van der Waals surface area contributed by atoms with Crippen molar-refractivity contribution in [3.63, 3.8) is 0 Å². The van der Waals surface area contributed by atoms with Gasteiger partial charge in [0, 0.05) is 31.7 Å². The monoisotopic (exact) mass is 436 g/mol. The summed E-state index contributed by atoms with van der Waals surface area (Å²) in [5.74, 6) is 1.54. The summed E-state index contributed by atoms with van der Waals surface area (Å²) in [6.45, 7) is 9.63. The highest BCUT2D eigenvalue weighted by molar-refractivity contribution is 14.0. The first-order valence-electron chi connectivity index (χ1n) is 7.75. The zero-order chi connectivity index (χ0) is 16.5. The second-order valence-electron chi connectivity index (χ2n) is 5.72. The standard InChI is InChI=1S/C16H28N4O2.HI/c1-11(2)13(4)20-16(17-5)19-9-6-8-18-15(21)14-12(3)7-10-22-14;/h7,10-11,13H,6,8-9H2,1-5H3,(H,18,21)(H2,17,19,20);1H. The van der Waals surface area contributed by atoms with Crippen molar-refractivity contribution in [1.82, 2.24) is 16.0 Å². The molecule has 0 saturated heterocycles. The summed E-state index contributed by atoms with van der Waals surface area (Å²) >= 11 is 0. The Hall–Kier alpha value is -1.25. The second-order valence-corrected chi connectivity index (χ2v) is 5.72. The van der Waals surface area contributed by atoms with Gasteiger partial charge < -0.3 is 20.4 Å². The number of aliphatic imine (C=N–C) groups is 1. The van der Waals surface area contributed by atoms with Crippen molar-refractivity contribution in [3.05, 3.63) is 23.7 Å². The average Bonchev–Trinajstić information content (AvgIpc) is 2.91. The molecule has 0 fully saturated rings. The molecule has 1 unspecified atom stereocenters. The fraction of sp³-hybridized carbons (Fsp3) is 0.625. The lowest BCUT2D eigenvalue weighted by molar-refractivity contribution is 0.0925. The Morgan fingerprint density at radius 2 is 1.91 bits per heavy atom. The number of nitrogens with one attached hydrogen (secondary N) is 3. The topological polar surface area (TPSA) is 78.7 Å². The van der Waals surface area contributed by atoms with E-state index in [4.69, 9.17) is 4.42 Å². The number of hydrogen-bond donors (Lipinski definition) is 3. The summed E-state index contributed by atoms with van der Waals surface area (Å²) in [6.07, 6.45) is 2.33. The Labute approximate surface area is 155 Å². The largest absolute Gasteiger partial charge is 0.459 e. The van der Waals surface area contributed by atoms with Crippen molar-refractivity contribution in [2.24, 2.45) is 10.9 Å². The third kappa shape index (κ3) is 7.71. The van der Waals surface area contributed by atoms with Crippen LogP contribution in [-0.2, 0) is 0 Å². The molecule has 0 aromatic carbocycles. The number of carbonyl (C=O) groups is 1. The quantitative estimate of drug-likeness (QED) is 0.266. The van der Waals surface area contributed by atoms with Gasteiger partial charge in [-0.1, -0.05) is 13.8 Å². The van der Waals surface area contributed by atoms with Crippen LogP contribution in [0.3, 0.4) is 0 Å². The van der Waals surface area contributed by atoms with E-state index in [9.17, 15) is 4.79 Å². The number of halogens is 1. The molecular formula is C16H29IN4O2. The minimum absolute atomic E-state index is 0. The molecule has 1 aromatic heterocycles. The van der Waals surface area contributed by atoms with E-state index in [1.807, 2.05) is 6.92 Å². The fourth-order valence-corrected chi connectivity index (χ4v) is 1.76. The van der Waals surface area contributed by atoms with Crippen LogP contribution >= 0.6 is 24.0 Å². The van der Waals surface area contributed by atoms with Gasteiger partial charge in [0.2, 0.25) is 0 Å². The third-order valence-corrected chi connectivity index (χ3v) is 3.59. The highest BCUT2D eigenvalue weighted by Crippen LogP contribution is 2.07. The number of amides is 1. The Balaban J connectivity index is 0.00000484. The van der Waals surface area contributed by atoms with Crippen LogP contribution in [-0.4, -0.2) is 38.0 Å². The molecule has 0 bridgehead atoms. The van der Waals surface area contributed by atoms with E-state index < -0.39 is 0 Å². The first kappa shape index (κ1) is 21.8. The first-order valence-corrected chi connectivity index (χ1v) is 7.75. The van der Waals surface area contributed by atoms with Gasteiger partial charge in [-0.15, -0.1) is 24.0 Å². The fourth-order valence-electron chi connectivity index (χ4n) is 1.76. The molecule has 6 nitrogen and oxygen atoms in total. The molecule has 0 aliphatic carbocycles.